The minimum absolute atomic E-state index is 0.282. The normalized spacial score (nSPS) is 11.7. The molecule has 2 aromatic carbocycles. The number of fused-ring (bicyclic) bond motifs is 1. The van der Waals surface area contributed by atoms with Crippen molar-refractivity contribution in [2.75, 3.05) is 7.05 Å². The molecule has 0 atom stereocenters. The van der Waals surface area contributed by atoms with E-state index in [1.54, 1.807) is 23.5 Å². The summed E-state index contributed by atoms with van der Waals surface area (Å²) in [6.07, 6.45) is 0. The number of nitrogens with one attached hydrogen (secondary N) is 1. The topological polar surface area (TPSA) is 55.4 Å². The van der Waals surface area contributed by atoms with Crippen LogP contribution in [-0.4, -0.2) is 15.5 Å². The van der Waals surface area contributed by atoms with Gasteiger partial charge in [0.25, 0.3) is 0 Å². The maximum atomic E-state index is 11.3. The number of thiophene rings is 1. The molecule has 0 saturated heterocycles. The van der Waals surface area contributed by atoms with E-state index >= 15 is 0 Å². The lowest BCUT2D eigenvalue weighted by atomic mass is 10.0. The van der Waals surface area contributed by atoms with Gasteiger partial charge in [-0.3, -0.25) is 0 Å². The van der Waals surface area contributed by atoms with Gasteiger partial charge in [0, 0.05) is 11.7 Å². The van der Waals surface area contributed by atoms with Crippen molar-refractivity contribution in [2.24, 2.45) is 0 Å². The first-order chi connectivity index (χ1) is 10.1. The van der Waals surface area contributed by atoms with Crippen molar-refractivity contribution in [1.29, 1.82) is 0 Å². The Bertz CT molecular complexity index is 867. The lowest BCUT2D eigenvalue weighted by Crippen LogP contribution is -2.24. The third-order valence-corrected chi connectivity index (χ3v) is 4.91. The minimum Gasteiger partial charge on any atom is -0.371 e. The summed E-state index contributed by atoms with van der Waals surface area (Å²) in [5, 5.41) is 3.27. The summed E-state index contributed by atoms with van der Waals surface area (Å²) in [7, 11) is -2.41. The highest BCUT2D eigenvalue weighted by atomic mass is 32.2. The van der Waals surface area contributed by atoms with Crippen LogP contribution in [0.2, 0.25) is 0 Å². The quantitative estimate of drug-likeness (QED) is 0.802. The van der Waals surface area contributed by atoms with Crippen LogP contribution in [0.1, 0.15) is 0 Å². The van der Waals surface area contributed by atoms with E-state index in [-0.39, 0.29) is 5.75 Å². The van der Waals surface area contributed by atoms with Gasteiger partial charge in [0.1, 0.15) is 5.75 Å². The molecule has 1 N–H and O–H groups in total. The average Bonchev–Trinajstić information content (AvgIpc) is 2.95. The fourth-order valence-electron chi connectivity index (χ4n) is 2.02. The third kappa shape index (κ3) is 3.07. The largest absolute Gasteiger partial charge is 0.382 e. The third-order valence-electron chi connectivity index (χ3n) is 3.10. The van der Waals surface area contributed by atoms with Gasteiger partial charge in [0.05, 0.1) is 0 Å². The second kappa shape index (κ2) is 5.48. The van der Waals surface area contributed by atoms with Gasteiger partial charge in [-0.05, 0) is 52.2 Å². The fraction of sp³-hybridized carbons (Fsp3) is 0.0667. The Labute approximate surface area is 127 Å². The van der Waals surface area contributed by atoms with Crippen LogP contribution in [0.3, 0.4) is 0 Å². The zero-order valence-electron chi connectivity index (χ0n) is 11.2. The highest BCUT2D eigenvalue weighted by molar-refractivity contribution is 7.85. The number of benzene rings is 2. The minimum atomic E-state index is -3.72. The summed E-state index contributed by atoms with van der Waals surface area (Å²) < 4.78 is 30.8. The maximum absolute atomic E-state index is 11.3. The molecule has 0 spiro atoms. The number of hydrogen-bond donors (Lipinski definition) is 1. The number of rotatable bonds is 4. The first-order valence-electron chi connectivity index (χ1n) is 6.28. The van der Waals surface area contributed by atoms with Crippen LogP contribution >= 0.6 is 11.3 Å². The molecule has 6 heteroatoms. The van der Waals surface area contributed by atoms with Crippen molar-refractivity contribution in [3.05, 3.63) is 53.9 Å². The molecule has 0 bridgehead atoms. The molecule has 1 aromatic heterocycles. The Balaban J connectivity index is 1.89. The molecule has 0 aliphatic carbocycles. The average molecular weight is 319 g/mol. The van der Waals surface area contributed by atoms with Crippen LogP contribution in [0, 0.1) is 0 Å². The molecule has 108 valence electrons. The van der Waals surface area contributed by atoms with E-state index in [1.807, 2.05) is 12.1 Å². The molecule has 0 amide bonds. The highest BCUT2D eigenvalue weighted by Gasteiger charge is 2.09. The molecule has 1 heterocycles. The Morgan fingerprint density at radius 2 is 1.71 bits per heavy atom. The summed E-state index contributed by atoms with van der Waals surface area (Å²) in [4.78, 5) is 0. The zero-order chi connectivity index (χ0) is 14.9. The molecule has 21 heavy (non-hydrogen) atoms. The predicted molar refractivity (Wildman–Crippen MR) is 85.9 cm³/mol. The molecule has 3 aromatic rings. The fourth-order valence-corrected chi connectivity index (χ4v) is 3.24. The molecule has 4 nitrogen and oxygen atoms in total. The summed E-state index contributed by atoms with van der Waals surface area (Å²) in [5.74, 6) is 0.282. The summed E-state index contributed by atoms with van der Waals surface area (Å²) in [6, 6.07) is 15.3. The van der Waals surface area contributed by atoms with Crippen LogP contribution in [0.5, 0.6) is 5.75 Å². The smallest absolute Gasteiger partial charge is 0.371 e. The monoisotopic (exact) mass is 319 g/mol. The molecule has 0 aliphatic rings. The van der Waals surface area contributed by atoms with Crippen molar-refractivity contribution in [2.45, 2.75) is 0 Å². The molecular weight excluding hydrogens is 306 g/mol. The predicted octanol–water partition coefficient (Wildman–Crippen LogP) is 3.41. The van der Waals surface area contributed by atoms with Gasteiger partial charge < -0.3 is 4.18 Å². The Morgan fingerprint density at radius 1 is 1.00 bits per heavy atom. The van der Waals surface area contributed by atoms with E-state index in [4.69, 9.17) is 4.18 Å². The van der Waals surface area contributed by atoms with Crippen LogP contribution in [0.4, 0.5) is 0 Å². The Morgan fingerprint density at radius 3 is 2.43 bits per heavy atom. The van der Waals surface area contributed by atoms with Gasteiger partial charge >= 0.3 is 10.3 Å². The van der Waals surface area contributed by atoms with Crippen LogP contribution in [0.25, 0.3) is 21.2 Å². The molecule has 0 saturated carbocycles. The molecule has 0 fully saturated rings. The van der Waals surface area contributed by atoms with Gasteiger partial charge in [-0.15, -0.1) is 11.3 Å². The van der Waals surface area contributed by atoms with E-state index in [0.29, 0.717) is 0 Å². The van der Waals surface area contributed by atoms with Gasteiger partial charge in [-0.25, -0.2) is 0 Å². The first kappa shape index (κ1) is 14.1. The Hall–Kier alpha value is -1.89. The molecule has 0 unspecified atom stereocenters. The Kier molecular flexibility index (Phi) is 3.67. The van der Waals surface area contributed by atoms with E-state index in [0.717, 1.165) is 11.1 Å². The molecule has 0 aliphatic heterocycles. The molecule has 3 rings (SSSR count). The van der Waals surface area contributed by atoms with Crippen LogP contribution in [-0.2, 0) is 10.3 Å². The highest BCUT2D eigenvalue weighted by Crippen LogP contribution is 2.28. The zero-order valence-corrected chi connectivity index (χ0v) is 12.9. The van der Waals surface area contributed by atoms with E-state index < -0.39 is 10.3 Å². The van der Waals surface area contributed by atoms with Crippen molar-refractivity contribution >= 4 is 31.7 Å². The van der Waals surface area contributed by atoms with Crippen LogP contribution in [0.15, 0.2) is 53.9 Å². The summed E-state index contributed by atoms with van der Waals surface area (Å²) in [5.41, 5.74) is 2.10. The van der Waals surface area contributed by atoms with Crippen molar-refractivity contribution in [3.63, 3.8) is 0 Å². The maximum Gasteiger partial charge on any atom is 0.382 e. The van der Waals surface area contributed by atoms with Crippen molar-refractivity contribution in [3.8, 4) is 16.9 Å². The van der Waals surface area contributed by atoms with Gasteiger partial charge in [0.15, 0.2) is 0 Å². The van der Waals surface area contributed by atoms with Gasteiger partial charge in [-0.2, -0.15) is 13.1 Å². The molecular formula is C15H13NO3S2. The van der Waals surface area contributed by atoms with E-state index in [1.165, 1.54) is 17.1 Å². The second-order valence-corrected chi connectivity index (χ2v) is 6.87. The van der Waals surface area contributed by atoms with Crippen LogP contribution < -0.4 is 8.91 Å². The van der Waals surface area contributed by atoms with Gasteiger partial charge in [0.2, 0.25) is 0 Å². The van der Waals surface area contributed by atoms with Gasteiger partial charge in [-0.1, -0.05) is 18.2 Å². The van der Waals surface area contributed by atoms with E-state index in [9.17, 15) is 8.42 Å². The summed E-state index contributed by atoms with van der Waals surface area (Å²) in [6.45, 7) is 0. The number of hydrogen-bond acceptors (Lipinski definition) is 4. The first-order valence-corrected chi connectivity index (χ1v) is 8.57. The summed E-state index contributed by atoms with van der Waals surface area (Å²) >= 11 is 1.71. The second-order valence-electron chi connectivity index (χ2n) is 4.44. The van der Waals surface area contributed by atoms with Crippen molar-refractivity contribution < 1.29 is 12.6 Å². The SMILES string of the molecule is CNS(=O)(=O)Oc1ccc(-c2ccc3sccc3c2)cc1. The lowest BCUT2D eigenvalue weighted by Gasteiger charge is -2.06. The van der Waals surface area contributed by atoms with Crippen molar-refractivity contribution in [1.82, 2.24) is 4.72 Å². The van der Waals surface area contributed by atoms with E-state index in [2.05, 4.69) is 34.4 Å². The lowest BCUT2D eigenvalue weighted by molar-refractivity contribution is 0.477. The standard InChI is InChI=1S/C15H13NO3S2/c1-16-21(17,18)19-14-5-2-11(3-6-14)12-4-7-15-13(10-12)8-9-20-15/h2-10,16H,1H3. The molecule has 0 radical (unpaired) electrons.